The zero-order valence-electron chi connectivity index (χ0n) is 13.5. The number of carbonyl (C=O) groups is 2. The summed E-state index contributed by atoms with van der Waals surface area (Å²) in [7, 11) is 3.86. The van der Waals surface area contributed by atoms with Crippen molar-refractivity contribution in [1.82, 2.24) is 15.2 Å². The predicted molar refractivity (Wildman–Crippen MR) is 94.5 cm³/mol. The van der Waals surface area contributed by atoms with Crippen LogP contribution in [0.15, 0.2) is 42.6 Å². The maximum atomic E-state index is 12.3. The molecule has 0 spiro atoms. The number of likely N-dealkylation sites (N-methyl/N-ethyl adjacent to an activating group) is 1. The summed E-state index contributed by atoms with van der Waals surface area (Å²) in [6.07, 6.45) is 1.51. The van der Waals surface area contributed by atoms with Gasteiger partial charge < -0.3 is 15.5 Å². The van der Waals surface area contributed by atoms with Crippen molar-refractivity contribution < 1.29 is 9.59 Å². The number of para-hydroxylation sites is 1. The van der Waals surface area contributed by atoms with E-state index in [0.29, 0.717) is 17.8 Å². The largest absolute Gasteiger partial charge is 0.351 e. The maximum Gasteiger partial charge on any atom is 0.258 e. The van der Waals surface area contributed by atoms with Crippen LogP contribution in [0, 0.1) is 0 Å². The number of benzene rings is 1. The molecule has 2 N–H and O–H groups in total. The van der Waals surface area contributed by atoms with E-state index in [4.69, 9.17) is 11.6 Å². The lowest BCUT2D eigenvalue weighted by atomic mass is 10.1. The second-order valence-corrected chi connectivity index (χ2v) is 5.76. The number of halogens is 1. The molecule has 1 aromatic heterocycles. The van der Waals surface area contributed by atoms with E-state index in [1.807, 2.05) is 19.0 Å². The van der Waals surface area contributed by atoms with Crippen LogP contribution in [0.3, 0.4) is 0 Å². The standard InChI is InChI=1S/C17H19ClN4O2/c1-22(2)11-10-20-16(23)12-6-3-4-8-14(12)21-17(24)13-7-5-9-19-15(13)18/h3-9H,10-11H2,1-2H3,(H,20,23)(H,21,24). The van der Waals surface area contributed by atoms with Crippen LogP contribution in [0.25, 0.3) is 0 Å². The van der Waals surface area contributed by atoms with E-state index in [0.717, 1.165) is 6.54 Å². The van der Waals surface area contributed by atoms with Gasteiger partial charge in [0.05, 0.1) is 16.8 Å². The number of hydrogen-bond acceptors (Lipinski definition) is 4. The summed E-state index contributed by atoms with van der Waals surface area (Å²) < 4.78 is 0. The molecular formula is C17H19ClN4O2. The fourth-order valence-corrected chi connectivity index (χ4v) is 2.23. The van der Waals surface area contributed by atoms with Gasteiger partial charge in [0.25, 0.3) is 11.8 Å². The number of hydrogen-bond donors (Lipinski definition) is 2. The zero-order chi connectivity index (χ0) is 17.5. The van der Waals surface area contributed by atoms with Gasteiger partial charge in [-0.15, -0.1) is 0 Å². The highest BCUT2D eigenvalue weighted by molar-refractivity contribution is 6.33. The van der Waals surface area contributed by atoms with Gasteiger partial charge in [0, 0.05) is 19.3 Å². The molecule has 2 amide bonds. The van der Waals surface area contributed by atoms with Gasteiger partial charge in [0.15, 0.2) is 0 Å². The second-order valence-electron chi connectivity index (χ2n) is 5.40. The molecule has 2 rings (SSSR count). The Labute approximate surface area is 145 Å². The van der Waals surface area contributed by atoms with Crippen molar-refractivity contribution in [3.05, 3.63) is 58.9 Å². The molecule has 0 saturated heterocycles. The highest BCUT2D eigenvalue weighted by Gasteiger charge is 2.15. The van der Waals surface area contributed by atoms with Gasteiger partial charge in [-0.25, -0.2) is 4.98 Å². The van der Waals surface area contributed by atoms with E-state index in [1.54, 1.807) is 36.4 Å². The van der Waals surface area contributed by atoms with Gasteiger partial charge in [-0.1, -0.05) is 23.7 Å². The summed E-state index contributed by atoms with van der Waals surface area (Å²) in [5, 5.41) is 5.65. The molecule has 7 heteroatoms. The number of nitrogens with zero attached hydrogens (tertiary/aromatic N) is 2. The van der Waals surface area contributed by atoms with Crippen LogP contribution in [-0.4, -0.2) is 48.9 Å². The van der Waals surface area contributed by atoms with Crippen LogP contribution >= 0.6 is 11.6 Å². The summed E-state index contributed by atoms with van der Waals surface area (Å²) in [4.78, 5) is 30.5. The first-order valence-electron chi connectivity index (χ1n) is 7.43. The van der Waals surface area contributed by atoms with Crippen LogP contribution in [0.5, 0.6) is 0 Å². The average Bonchev–Trinajstić information content (AvgIpc) is 2.55. The number of aromatic nitrogens is 1. The predicted octanol–water partition coefficient (Wildman–Crippen LogP) is 2.28. The molecular weight excluding hydrogens is 328 g/mol. The number of anilines is 1. The monoisotopic (exact) mass is 346 g/mol. The first-order chi connectivity index (χ1) is 11.5. The minimum atomic E-state index is -0.415. The number of carbonyl (C=O) groups excluding carboxylic acids is 2. The van der Waals surface area contributed by atoms with E-state index in [1.165, 1.54) is 6.20 Å². The third-order valence-corrected chi connectivity index (χ3v) is 3.57. The molecule has 1 heterocycles. The summed E-state index contributed by atoms with van der Waals surface area (Å²) in [6, 6.07) is 10.0. The summed E-state index contributed by atoms with van der Waals surface area (Å²) in [5.74, 6) is -0.660. The molecule has 0 saturated carbocycles. The van der Waals surface area contributed by atoms with Crippen LogP contribution in [0.1, 0.15) is 20.7 Å². The van der Waals surface area contributed by atoms with Crippen molar-refractivity contribution in [3.63, 3.8) is 0 Å². The van der Waals surface area contributed by atoms with Crippen LogP contribution in [-0.2, 0) is 0 Å². The fourth-order valence-electron chi connectivity index (χ4n) is 2.02. The Kier molecular flexibility index (Phi) is 6.28. The van der Waals surface area contributed by atoms with Crippen LogP contribution in [0.2, 0.25) is 5.15 Å². The Morgan fingerprint density at radius 1 is 1.08 bits per heavy atom. The Hall–Kier alpha value is -2.44. The number of amides is 2. The number of pyridine rings is 1. The lowest BCUT2D eigenvalue weighted by Gasteiger charge is -2.13. The molecule has 2 aromatic rings. The Morgan fingerprint density at radius 3 is 2.50 bits per heavy atom. The average molecular weight is 347 g/mol. The van der Waals surface area contributed by atoms with Crippen LogP contribution in [0.4, 0.5) is 5.69 Å². The van der Waals surface area contributed by atoms with Gasteiger partial charge in [0.1, 0.15) is 5.15 Å². The lowest BCUT2D eigenvalue weighted by molar-refractivity contribution is 0.0952. The minimum Gasteiger partial charge on any atom is -0.351 e. The fraction of sp³-hybridized carbons (Fsp3) is 0.235. The van der Waals surface area contributed by atoms with Gasteiger partial charge >= 0.3 is 0 Å². The smallest absolute Gasteiger partial charge is 0.258 e. The first-order valence-corrected chi connectivity index (χ1v) is 7.80. The molecule has 0 fully saturated rings. The van der Waals surface area contributed by atoms with E-state index in [2.05, 4.69) is 15.6 Å². The quantitative estimate of drug-likeness (QED) is 0.787. The molecule has 0 aliphatic carbocycles. The second kappa shape index (κ2) is 8.42. The molecule has 0 bridgehead atoms. The minimum absolute atomic E-state index is 0.114. The van der Waals surface area contributed by atoms with Gasteiger partial charge in [0.2, 0.25) is 0 Å². The Bertz CT molecular complexity index is 734. The zero-order valence-corrected chi connectivity index (χ0v) is 14.3. The molecule has 0 radical (unpaired) electrons. The topological polar surface area (TPSA) is 74.3 Å². The SMILES string of the molecule is CN(C)CCNC(=O)c1ccccc1NC(=O)c1cccnc1Cl. The van der Waals surface area contributed by atoms with Crippen molar-refractivity contribution in [2.75, 3.05) is 32.5 Å². The van der Waals surface area contributed by atoms with Crippen molar-refractivity contribution >= 4 is 29.1 Å². The molecule has 0 aliphatic rings. The molecule has 0 aliphatic heterocycles. The third kappa shape index (κ3) is 4.78. The normalized spacial score (nSPS) is 10.5. The van der Waals surface area contributed by atoms with Crippen molar-refractivity contribution in [1.29, 1.82) is 0 Å². The molecule has 0 unspecified atom stereocenters. The highest BCUT2D eigenvalue weighted by atomic mass is 35.5. The maximum absolute atomic E-state index is 12.3. The van der Waals surface area contributed by atoms with Crippen molar-refractivity contribution in [3.8, 4) is 0 Å². The Morgan fingerprint density at radius 2 is 1.79 bits per heavy atom. The van der Waals surface area contributed by atoms with E-state index in [-0.39, 0.29) is 16.6 Å². The van der Waals surface area contributed by atoms with E-state index < -0.39 is 5.91 Å². The third-order valence-electron chi connectivity index (χ3n) is 3.27. The molecule has 6 nitrogen and oxygen atoms in total. The summed E-state index contributed by atoms with van der Waals surface area (Å²) >= 11 is 5.93. The van der Waals surface area contributed by atoms with Crippen molar-refractivity contribution in [2.24, 2.45) is 0 Å². The highest BCUT2D eigenvalue weighted by Crippen LogP contribution is 2.18. The van der Waals surface area contributed by atoms with E-state index >= 15 is 0 Å². The van der Waals surface area contributed by atoms with Gasteiger partial charge in [-0.2, -0.15) is 0 Å². The first kappa shape index (κ1) is 17.9. The molecule has 126 valence electrons. The molecule has 0 atom stereocenters. The van der Waals surface area contributed by atoms with E-state index in [9.17, 15) is 9.59 Å². The summed E-state index contributed by atoms with van der Waals surface area (Å²) in [6.45, 7) is 1.24. The lowest BCUT2D eigenvalue weighted by Crippen LogP contribution is -2.32. The number of rotatable bonds is 6. The molecule has 1 aromatic carbocycles. The van der Waals surface area contributed by atoms with Gasteiger partial charge in [-0.05, 0) is 38.4 Å². The van der Waals surface area contributed by atoms with Crippen LogP contribution < -0.4 is 10.6 Å². The van der Waals surface area contributed by atoms with Crippen molar-refractivity contribution in [2.45, 2.75) is 0 Å². The number of nitrogens with one attached hydrogen (secondary N) is 2. The Balaban J connectivity index is 2.12. The summed E-state index contributed by atoms with van der Waals surface area (Å²) in [5.41, 5.74) is 1.07. The molecule has 24 heavy (non-hydrogen) atoms. The van der Waals surface area contributed by atoms with Gasteiger partial charge in [-0.3, -0.25) is 9.59 Å².